The minimum atomic E-state index is -3.39. The summed E-state index contributed by atoms with van der Waals surface area (Å²) in [4.78, 5) is 0. The van der Waals surface area contributed by atoms with Crippen LogP contribution in [-0.4, -0.2) is 8.42 Å². The predicted molar refractivity (Wildman–Crippen MR) is 76.8 cm³/mol. The second-order valence-corrected chi connectivity index (χ2v) is 7.59. The van der Waals surface area contributed by atoms with E-state index in [4.69, 9.17) is 0 Å². The summed E-state index contributed by atoms with van der Waals surface area (Å²) in [6, 6.07) is 11.4. The molecule has 0 bridgehead atoms. The lowest BCUT2D eigenvalue weighted by molar-refractivity contribution is 0.508. The third-order valence-corrected chi connectivity index (χ3v) is 6.30. The van der Waals surface area contributed by atoms with E-state index < -0.39 is 10.0 Å². The zero-order valence-electron chi connectivity index (χ0n) is 10.4. The van der Waals surface area contributed by atoms with Crippen molar-refractivity contribution in [3.8, 4) is 0 Å². The van der Waals surface area contributed by atoms with Crippen molar-refractivity contribution < 1.29 is 8.42 Å². The van der Waals surface area contributed by atoms with E-state index in [9.17, 15) is 8.42 Å². The monoisotopic (exact) mass is 293 g/mol. The summed E-state index contributed by atoms with van der Waals surface area (Å²) in [5.74, 6) is 0. The van der Waals surface area contributed by atoms with Gasteiger partial charge in [0.15, 0.2) is 0 Å². The molecule has 5 heteroatoms. The maximum Gasteiger partial charge on any atom is 0.250 e. The van der Waals surface area contributed by atoms with Gasteiger partial charge in [-0.15, -0.1) is 11.3 Å². The lowest BCUT2D eigenvalue weighted by Gasteiger charge is -2.25. The summed E-state index contributed by atoms with van der Waals surface area (Å²) in [5, 5.41) is 1.78. The molecule has 1 heterocycles. The van der Waals surface area contributed by atoms with Crippen molar-refractivity contribution in [2.24, 2.45) is 0 Å². The van der Waals surface area contributed by atoms with Crippen molar-refractivity contribution in [1.29, 1.82) is 0 Å². The summed E-state index contributed by atoms with van der Waals surface area (Å²) in [6.45, 7) is 0. The van der Waals surface area contributed by atoms with E-state index in [1.54, 1.807) is 17.5 Å². The third kappa shape index (κ3) is 2.59. The number of fused-ring (bicyclic) bond motifs is 1. The fourth-order valence-corrected chi connectivity index (χ4v) is 4.80. The number of thiophene rings is 1. The molecule has 1 aliphatic carbocycles. The second kappa shape index (κ2) is 5.07. The average Bonchev–Trinajstić information content (AvgIpc) is 2.93. The maximum absolute atomic E-state index is 12.3. The highest BCUT2D eigenvalue weighted by Gasteiger charge is 2.25. The van der Waals surface area contributed by atoms with E-state index >= 15 is 0 Å². The molecule has 0 radical (unpaired) electrons. The molecular weight excluding hydrogens is 278 g/mol. The standard InChI is InChI=1S/C14H15NO2S2/c16-19(17,14-9-4-10-18-14)15-13-8-3-6-11-5-1-2-7-12(11)13/h1-2,4-5,7,9-10,13,15H,3,6,8H2/t13-/m0/s1. The maximum atomic E-state index is 12.3. The van der Waals surface area contributed by atoms with Crippen LogP contribution in [0.25, 0.3) is 0 Å². The number of nitrogens with one attached hydrogen (secondary N) is 1. The van der Waals surface area contributed by atoms with Crippen LogP contribution in [0.1, 0.15) is 30.0 Å². The van der Waals surface area contributed by atoms with Gasteiger partial charge in [-0.2, -0.15) is 0 Å². The van der Waals surface area contributed by atoms with Crippen LogP contribution >= 0.6 is 11.3 Å². The van der Waals surface area contributed by atoms with E-state index in [0.29, 0.717) is 4.21 Å². The van der Waals surface area contributed by atoms with Gasteiger partial charge in [0, 0.05) is 6.04 Å². The molecule has 2 aromatic rings. The van der Waals surface area contributed by atoms with Crippen molar-refractivity contribution in [3.05, 3.63) is 52.9 Å². The van der Waals surface area contributed by atoms with Crippen LogP contribution in [0.2, 0.25) is 0 Å². The van der Waals surface area contributed by atoms with Crippen molar-refractivity contribution in [2.45, 2.75) is 29.5 Å². The summed E-state index contributed by atoms with van der Waals surface area (Å²) in [6.07, 6.45) is 2.92. The van der Waals surface area contributed by atoms with E-state index in [1.807, 2.05) is 18.2 Å². The first kappa shape index (κ1) is 12.8. The van der Waals surface area contributed by atoms with Crippen molar-refractivity contribution in [1.82, 2.24) is 4.72 Å². The van der Waals surface area contributed by atoms with Crippen molar-refractivity contribution >= 4 is 21.4 Å². The molecule has 0 aliphatic heterocycles. The van der Waals surface area contributed by atoms with Gasteiger partial charge in [0.25, 0.3) is 10.0 Å². The highest BCUT2D eigenvalue weighted by Crippen LogP contribution is 2.31. The van der Waals surface area contributed by atoms with E-state index in [-0.39, 0.29) is 6.04 Å². The first-order chi connectivity index (χ1) is 9.17. The zero-order chi connectivity index (χ0) is 13.3. The molecule has 100 valence electrons. The number of aryl methyl sites for hydroxylation is 1. The molecule has 19 heavy (non-hydrogen) atoms. The second-order valence-electron chi connectivity index (χ2n) is 4.70. The van der Waals surface area contributed by atoms with Gasteiger partial charge in [0.05, 0.1) is 0 Å². The number of hydrogen-bond acceptors (Lipinski definition) is 3. The third-order valence-electron chi connectivity index (χ3n) is 3.43. The Bertz CT molecular complexity index is 663. The van der Waals surface area contributed by atoms with Gasteiger partial charge in [-0.3, -0.25) is 0 Å². The Hall–Kier alpha value is -1.17. The first-order valence-electron chi connectivity index (χ1n) is 6.30. The largest absolute Gasteiger partial charge is 0.250 e. The normalized spacial score (nSPS) is 19.1. The molecule has 3 rings (SSSR count). The lowest BCUT2D eigenvalue weighted by atomic mass is 9.88. The predicted octanol–water partition coefficient (Wildman–Crippen LogP) is 3.10. The van der Waals surface area contributed by atoms with Crippen LogP contribution < -0.4 is 4.72 Å². The number of hydrogen-bond donors (Lipinski definition) is 1. The average molecular weight is 293 g/mol. The lowest BCUT2D eigenvalue weighted by Crippen LogP contribution is -2.30. The molecule has 1 aromatic carbocycles. The SMILES string of the molecule is O=S(=O)(N[C@H]1CCCc2ccccc21)c1cccs1. The zero-order valence-corrected chi connectivity index (χ0v) is 12.0. The summed E-state index contributed by atoms with van der Waals surface area (Å²) < 4.78 is 27.8. The summed E-state index contributed by atoms with van der Waals surface area (Å²) >= 11 is 1.25. The van der Waals surface area contributed by atoms with Crippen molar-refractivity contribution in [2.75, 3.05) is 0 Å². The van der Waals surface area contributed by atoms with Gasteiger partial charge in [0.2, 0.25) is 0 Å². The van der Waals surface area contributed by atoms with Crippen LogP contribution in [0.4, 0.5) is 0 Å². The van der Waals surface area contributed by atoms with E-state index in [2.05, 4.69) is 10.8 Å². The molecule has 0 saturated heterocycles. The minimum absolute atomic E-state index is 0.1000. The molecule has 0 saturated carbocycles. The summed E-state index contributed by atoms with van der Waals surface area (Å²) in [5.41, 5.74) is 2.38. The van der Waals surface area contributed by atoms with Crippen LogP contribution in [-0.2, 0) is 16.4 Å². The molecule has 1 atom stereocenters. The molecule has 0 unspecified atom stereocenters. The van der Waals surface area contributed by atoms with Crippen molar-refractivity contribution in [3.63, 3.8) is 0 Å². The molecule has 1 N–H and O–H groups in total. The molecular formula is C14H15NO2S2. The molecule has 0 fully saturated rings. The Morgan fingerprint density at radius 1 is 1.16 bits per heavy atom. The van der Waals surface area contributed by atoms with Gasteiger partial charge < -0.3 is 0 Å². The Balaban J connectivity index is 1.90. The topological polar surface area (TPSA) is 46.2 Å². The molecule has 0 amide bonds. The Labute approximate surface area is 117 Å². The van der Waals surface area contributed by atoms with Gasteiger partial charge in [-0.25, -0.2) is 13.1 Å². The summed E-state index contributed by atoms with van der Waals surface area (Å²) in [7, 11) is -3.39. The van der Waals surface area contributed by atoms with E-state index in [0.717, 1.165) is 24.8 Å². The van der Waals surface area contributed by atoms with Gasteiger partial charge in [0.1, 0.15) is 4.21 Å². The Morgan fingerprint density at radius 2 is 2.00 bits per heavy atom. The highest BCUT2D eigenvalue weighted by atomic mass is 32.2. The van der Waals surface area contributed by atoms with Gasteiger partial charge in [-0.05, 0) is 41.8 Å². The van der Waals surface area contributed by atoms with Gasteiger partial charge in [-0.1, -0.05) is 30.3 Å². The molecule has 1 aromatic heterocycles. The van der Waals surface area contributed by atoms with Crippen LogP contribution in [0.5, 0.6) is 0 Å². The van der Waals surface area contributed by atoms with Crippen LogP contribution in [0.15, 0.2) is 46.0 Å². The fourth-order valence-electron chi connectivity index (χ4n) is 2.54. The Morgan fingerprint density at radius 3 is 2.79 bits per heavy atom. The van der Waals surface area contributed by atoms with Gasteiger partial charge >= 0.3 is 0 Å². The fraction of sp³-hybridized carbons (Fsp3) is 0.286. The number of benzene rings is 1. The van der Waals surface area contributed by atoms with E-state index in [1.165, 1.54) is 16.9 Å². The number of rotatable bonds is 3. The number of sulfonamides is 1. The van der Waals surface area contributed by atoms with Crippen LogP contribution in [0, 0.1) is 0 Å². The smallest absolute Gasteiger partial charge is 0.206 e. The molecule has 0 spiro atoms. The minimum Gasteiger partial charge on any atom is -0.206 e. The first-order valence-corrected chi connectivity index (χ1v) is 8.67. The van der Waals surface area contributed by atoms with Crippen LogP contribution in [0.3, 0.4) is 0 Å². The molecule has 3 nitrogen and oxygen atoms in total. The molecule has 1 aliphatic rings. The highest BCUT2D eigenvalue weighted by molar-refractivity contribution is 7.91. The Kier molecular flexibility index (Phi) is 3.43. The quantitative estimate of drug-likeness (QED) is 0.945.